The number of hydrogen-bond acceptors (Lipinski definition) is 3. The summed E-state index contributed by atoms with van der Waals surface area (Å²) in [5, 5.41) is 10.9. The van der Waals surface area contributed by atoms with Crippen LogP contribution in [0.25, 0.3) is 0 Å². The molecule has 0 spiro atoms. The van der Waals surface area contributed by atoms with Crippen molar-refractivity contribution in [1.29, 1.82) is 0 Å². The van der Waals surface area contributed by atoms with Gasteiger partial charge in [-0.1, -0.05) is 18.2 Å². The first-order valence-corrected chi connectivity index (χ1v) is 6.07. The third-order valence-corrected chi connectivity index (χ3v) is 3.28. The Hall–Kier alpha value is -1.10. The zero-order valence-corrected chi connectivity index (χ0v) is 11.7. The molecule has 9 heteroatoms. The Morgan fingerprint density at radius 3 is 2.55 bits per heavy atom. The zero-order valence-electron chi connectivity index (χ0n) is 11.7. The van der Waals surface area contributed by atoms with E-state index >= 15 is 0 Å². The Balaban J connectivity index is 0.00000242. The standard InChI is InChI=1S/C13H12F5NO2.Li/c14-12(15)5-10(11(20)21)19(7-12)6-8-2-1-3-9(4-8)13(16,17)18;/h1-4,10H,5-7H2,(H,20,21);/q;+1/p-1/t10-;/m1./s1. The molecule has 0 aromatic heterocycles. The van der Waals surface area contributed by atoms with Gasteiger partial charge in [0, 0.05) is 13.0 Å². The molecule has 1 heterocycles. The first-order chi connectivity index (χ1) is 9.58. The normalized spacial score (nSPS) is 21.4. The Kier molecular flexibility index (Phi) is 5.65. The Labute approximate surface area is 135 Å². The number of nitrogens with zero attached hydrogens (tertiary/aromatic N) is 1. The second kappa shape index (κ2) is 6.57. The van der Waals surface area contributed by atoms with Gasteiger partial charge in [-0.15, -0.1) is 0 Å². The van der Waals surface area contributed by atoms with E-state index in [1.165, 1.54) is 6.07 Å². The summed E-state index contributed by atoms with van der Waals surface area (Å²) in [7, 11) is 0. The maximum atomic E-state index is 13.3. The van der Waals surface area contributed by atoms with E-state index in [9.17, 15) is 31.9 Å². The quantitative estimate of drug-likeness (QED) is 0.513. The number of likely N-dealkylation sites (tertiary alicyclic amines) is 1. The van der Waals surface area contributed by atoms with E-state index < -0.39 is 42.6 Å². The van der Waals surface area contributed by atoms with Gasteiger partial charge in [-0.2, -0.15) is 13.2 Å². The molecule has 3 nitrogen and oxygen atoms in total. The van der Waals surface area contributed by atoms with Crippen LogP contribution in [0.5, 0.6) is 0 Å². The fraction of sp³-hybridized carbons (Fsp3) is 0.462. The summed E-state index contributed by atoms with van der Waals surface area (Å²) in [5.41, 5.74) is -0.787. The predicted octanol–water partition coefficient (Wildman–Crippen LogP) is -1.33. The van der Waals surface area contributed by atoms with Gasteiger partial charge in [0.25, 0.3) is 5.92 Å². The summed E-state index contributed by atoms with van der Waals surface area (Å²) in [6.07, 6.45) is -5.44. The van der Waals surface area contributed by atoms with E-state index in [0.717, 1.165) is 23.1 Å². The number of alkyl halides is 5. The van der Waals surface area contributed by atoms with Gasteiger partial charge < -0.3 is 9.90 Å². The van der Waals surface area contributed by atoms with Crippen LogP contribution < -0.4 is 24.0 Å². The summed E-state index contributed by atoms with van der Waals surface area (Å²) < 4.78 is 64.2. The monoisotopic (exact) mass is 315 g/mol. The predicted molar refractivity (Wildman–Crippen MR) is 60.2 cm³/mol. The third-order valence-electron chi connectivity index (χ3n) is 3.28. The van der Waals surface area contributed by atoms with Crippen LogP contribution in [0.15, 0.2) is 24.3 Å². The van der Waals surface area contributed by atoms with Gasteiger partial charge in [0.2, 0.25) is 0 Å². The molecule has 0 unspecified atom stereocenters. The minimum absolute atomic E-state index is 0. The SMILES string of the molecule is O=C([O-])[C@H]1CC(F)(F)CN1Cc1cccc(C(F)(F)F)c1.[Li+]. The van der Waals surface area contributed by atoms with Crippen molar-refractivity contribution in [2.24, 2.45) is 0 Å². The van der Waals surface area contributed by atoms with E-state index in [2.05, 4.69) is 0 Å². The Bertz CT molecular complexity index is 549. The van der Waals surface area contributed by atoms with E-state index in [-0.39, 0.29) is 31.0 Å². The molecule has 2 rings (SSSR count). The minimum Gasteiger partial charge on any atom is -0.548 e. The van der Waals surface area contributed by atoms with Crippen molar-refractivity contribution in [2.75, 3.05) is 6.54 Å². The number of carbonyl (C=O) groups is 1. The van der Waals surface area contributed by atoms with Crippen LogP contribution in [-0.4, -0.2) is 29.4 Å². The molecule has 1 atom stereocenters. The van der Waals surface area contributed by atoms with Crippen molar-refractivity contribution < 1.29 is 50.7 Å². The second-order valence-corrected chi connectivity index (χ2v) is 5.00. The zero-order chi connectivity index (χ0) is 15.8. The van der Waals surface area contributed by atoms with Gasteiger partial charge in [-0.25, -0.2) is 8.78 Å². The summed E-state index contributed by atoms with van der Waals surface area (Å²) in [4.78, 5) is 11.8. The second-order valence-electron chi connectivity index (χ2n) is 5.00. The van der Waals surface area contributed by atoms with Gasteiger partial charge in [-0.05, 0) is 11.6 Å². The molecular formula is C13H11F5LiNO2. The van der Waals surface area contributed by atoms with Crippen molar-refractivity contribution in [1.82, 2.24) is 4.90 Å². The van der Waals surface area contributed by atoms with Crippen LogP contribution in [0.3, 0.4) is 0 Å². The molecular weight excluding hydrogens is 304 g/mol. The number of hydrogen-bond donors (Lipinski definition) is 0. The van der Waals surface area contributed by atoms with Gasteiger partial charge in [0.15, 0.2) is 0 Å². The molecule has 1 fully saturated rings. The summed E-state index contributed by atoms with van der Waals surface area (Å²) in [5.74, 6) is -4.84. The van der Waals surface area contributed by atoms with Crippen LogP contribution in [-0.2, 0) is 17.5 Å². The van der Waals surface area contributed by atoms with Crippen molar-refractivity contribution in [3.8, 4) is 0 Å². The number of rotatable bonds is 3. The van der Waals surface area contributed by atoms with E-state index in [1.807, 2.05) is 0 Å². The maximum absolute atomic E-state index is 13.3. The Morgan fingerprint density at radius 2 is 2.00 bits per heavy atom. The number of carbonyl (C=O) groups excluding carboxylic acids is 1. The molecule has 0 amide bonds. The van der Waals surface area contributed by atoms with Crippen LogP contribution in [0.2, 0.25) is 0 Å². The average Bonchev–Trinajstić information content (AvgIpc) is 2.64. The molecule has 0 N–H and O–H groups in total. The van der Waals surface area contributed by atoms with E-state index in [4.69, 9.17) is 0 Å². The molecule has 1 aromatic rings. The minimum atomic E-state index is -4.54. The van der Waals surface area contributed by atoms with Gasteiger partial charge >= 0.3 is 25.0 Å². The van der Waals surface area contributed by atoms with E-state index in [1.54, 1.807) is 0 Å². The molecule has 0 saturated carbocycles. The molecule has 1 aromatic carbocycles. The van der Waals surface area contributed by atoms with Crippen LogP contribution >= 0.6 is 0 Å². The molecule has 22 heavy (non-hydrogen) atoms. The smallest absolute Gasteiger partial charge is 0.548 e. The van der Waals surface area contributed by atoms with Gasteiger partial charge in [0.05, 0.1) is 24.1 Å². The van der Waals surface area contributed by atoms with Crippen molar-refractivity contribution in [2.45, 2.75) is 31.1 Å². The topological polar surface area (TPSA) is 43.4 Å². The van der Waals surface area contributed by atoms with Crippen molar-refractivity contribution in [3.05, 3.63) is 35.4 Å². The van der Waals surface area contributed by atoms with Crippen molar-refractivity contribution >= 4 is 5.97 Å². The number of halogens is 5. The number of benzene rings is 1. The molecule has 1 aliphatic heterocycles. The van der Waals surface area contributed by atoms with Crippen molar-refractivity contribution in [3.63, 3.8) is 0 Å². The molecule has 1 saturated heterocycles. The summed E-state index contributed by atoms with van der Waals surface area (Å²) in [6.45, 7) is -1.12. The van der Waals surface area contributed by atoms with Crippen LogP contribution in [0.1, 0.15) is 17.5 Å². The molecule has 0 bridgehead atoms. The van der Waals surface area contributed by atoms with Gasteiger partial charge in [-0.3, -0.25) is 4.90 Å². The summed E-state index contributed by atoms with van der Waals surface area (Å²) in [6, 6.07) is 2.66. The van der Waals surface area contributed by atoms with Crippen LogP contribution in [0.4, 0.5) is 22.0 Å². The fourth-order valence-corrected chi connectivity index (χ4v) is 2.36. The van der Waals surface area contributed by atoms with Gasteiger partial charge in [0.1, 0.15) is 0 Å². The maximum Gasteiger partial charge on any atom is 1.00 e. The first kappa shape index (κ1) is 18.9. The number of carboxylic acids is 1. The van der Waals surface area contributed by atoms with Crippen LogP contribution in [0, 0.1) is 0 Å². The Morgan fingerprint density at radius 1 is 1.36 bits per heavy atom. The number of carboxylic acid groups (broad SMARTS) is 1. The third kappa shape index (κ3) is 4.45. The molecule has 116 valence electrons. The summed E-state index contributed by atoms with van der Waals surface area (Å²) >= 11 is 0. The molecule has 1 aliphatic rings. The fourth-order valence-electron chi connectivity index (χ4n) is 2.36. The number of aliphatic carboxylic acids is 1. The largest absolute Gasteiger partial charge is 1.00 e. The molecule has 0 radical (unpaired) electrons. The average molecular weight is 315 g/mol. The van der Waals surface area contributed by atoms with E-state index in [0.29, 0.717) is 0 Å². The first-order valence-electron chi connectivity index (χ1n) is 6.07. The molecule has 0 aliphatic carbocycles.